The van der Waals surface area contributed by atoms with Crippen LogP contribution >= 0.6 is 23.2 Å². The summed E-state index contributed by atoms with van der Waals surface area (Å²) in [6.45, 7) is 1.95. The van der Waals surface area contributed by atoms with Crippen LogP contribution in [-0.2, 0) is 0 Å². The first kappa shape index (κ1) is 14.3. The van der Waals surface area contributed by atoms with E-state index in [2.05, 4.69) is 4.98 Å². The van der Waals surface area contributed by atoms with Gasteiger partial charge in [-0.15, -0.1) is 0 Å². The molecule has 0 spiro atoms. The van der Waals surface area contributed by atoms with Crippen LogP contribution in [0.5, 0.6) is 0 Å². The Labute approximate surface area is 133 Å². The Kier molecular flexibility index (Phi) is 3.85. The average molecular weight is 318 g/mol. The Balaban J connectivity index is 2.04. The van der Waals surface area contributed by atoms with Crippen LogP contribution in [0.15, 0.2) is 48.5 Å². The minimum atomic E-state index is -0.771. The van der Waals surface area contributed by atoms with Gasteiger partial charge in [-0.05, 0) is 54.4 Å². The van der Waals surface area contributed by atoms with Crippen LogP contribution in [0, 0.1) is 6.92 Å². The number of aliphatic hydroxyl groups is 1. The number of nitrogens with zero attached hydrogens (tertiary/aromatic N) is 1. The second kappa shape index (κ2) is 5.64. The van der Waals surface area contributed by atoms with Crippen LogP contribution < -0.4 is 0 Å². The number of rotatable bonds is 2. The maximum Gasteiger partial charge on any atom is 0.104 e. The molecule has 3 aromatic rings. The van der Waals surface area contributed by atoms with Crippen molar-refractivity contribution in [3.05, 3.63) is 75.4 Å². The Morgan fingerprint density at radius 3 is 2.33 bits per heavy atom. The van der Waals surface area contributed by atoms with E-state index in [1.165, 1.54) is 0 Å². The fourth-order valence-electron chi connectivity index (χ4n) is 2.34. The van der Waals surface area contributed by atoms with Crippen molar-refractivity contribution < 1.29 is 5.11 Å². The largest absolute Gasteiger partial charge is 0.384 e. The van der Waals surface area contributed by atoms with Gasteiger partial charge in [-0.2, -0.15) is 0 Å². The number of hydrogen-bond donors (Lipinski definition) is 1. The monoisotopic (exact) mass is 317 g/mol. The first-order chi connectivity index (χ1) is 10.0. The minimum absolute atomic E-state index is 0.509. The molecule has 0 saturated carbocycles. The first-order valence-corrected chi connectivity index (χ1v) is 7.30. The van der Waals surface area contributed by atoms with Gasteiger partial charge in [0.25, 0.3) is 0 Å². The van der Waals surface area contributed by atoms with Crippen LogP contribution in [0.2, 0.25) is 10.0 Å². The van der Waals surface area contributed by atoms with Gasteiger partial charge in [0.05, 0.1) is 5.52 Å². The summed E-state index contributed by atoms with van der Waals surface area (Å²) in [5, 5.41) is 12.5. The summed E-state index contributed by atoms with van der Waals surface area (Å²) in [5.41, 5.74) is 3.34. The van der Waals surface area contributed by atoms with Gasteiger partial charge in [-0.1, -0.05) is 35.3 Å². The van der Waals surface area contributed by atoms with Crippen molar-refractivity contribution in [1.29, 1.82) is 0 Å². The van der Waals surface area contributed by atoms with E-state index in [4.69, 9.17) is 23.2 Å². The van der Waals surface area contributed by atoms with E-state index in [1.807, 2.05) is 37.3 Å². The van der Waals surface area contributed by atoms with E-state index in [0.29, 0.717) is 15.6 Å². The lowest BCUT2D eigenvalue weighted by Gasteiger charge is -2.13. The van der Waals surface area contributed by atoms with Crippen molar-refractivity contribution in [1.82, 2.24) is 4.98 Å². The average Bonchev–Trinajstić information content (AvgIpc) is 2.45. The zero-order chi connectivity index (χ0) is 15.0. The summed E-state index contributed by atoms with van der Waals surface area (Å²) in [7, 11) is 0. The van der Waals surface area contributed by atoms with Gasteiger partial charge in [-0.3, -0.25) is 4.98 Å². The van der Waals surface area contributed by atoms with Gasteiger partial charge in [0.15, 0.2) is 0 Å². The molecule has 2 aromatic carbocycles. The van der Waals surface area contributed by atoms with Crippen molar-refractivity contribution in [2.24, 2.45) is 0 Å². The zero-order valence-corrected chi connectivity index (χ0v) is 12.9. The van der Waals surface area contributed by atoms with Gasteiger partial charge in [-0.25, -0.2) is 0 Å². The highest BCUT2D eigenvalue weighted by Gasteiger charge is 2.12. The van der Waals surface area contributed by atoms with E-state index < -0.39 is 6.10 Å². The van der Waals surface area contributed by atoms with E-state index >= 15 is 0 Å². The Morgan fingerprint density at radius 1 is 0.905 bits per heavy atom. The lowest BCUT2D eigenvalue weighted by atomic mass is 10.00. The molecular formula is C17H13Cl2NO. The van der Waals surface area contributed by atoms with Crippen LogP contribution in [0.25, 0.3) is 10.9 Å². The summed E-state index contributed by atoms with van der Waals surface area (Å²) in [6, 6.07) is 14.7. The van der Waals surface area contributed by atoms with Crippen LogP contribution in [0.1, 0.15) is 22.9 Å². The number of fused-ring (bicyclic) bond motifs is 1. The summed E-state index contributed by atoms with van der Waals surface area (Å²) < 4.78 is 0. The van der Waals surface area contributed by atoms with Crippen LogP contribution in [-0.4, -0.2) is 10.1 Å². The quantitative estimate of drug-likeness (QED) is 0.726. The molecule has 0 aliphatic heterocycles. The van der Waals surface area contributed by atoms with Gasteiger partial charge >= 0.3 is 0 Å². The number of aryl methyl sites for hydroxylation is 1. The molecular weight excluding hydrogens is 305 g/mol. The maximum absolute atomic E-state index is 10.5. The summed E-state index contributed by atoms with van der Waals surface area (Å²) in [5.74, 6) is 0. The third-order valence-corrected chi connectivity index (χ3v) is 3.81. The molecule has 3 rings (SSSR count). The van der Waals surface area contributed by atoms with Crippen LogP contribution in [0.3, 0.4) is 0 Å². The van der Waals surface area contributed by atoms with E-state index in [0.717, 1.165) is 22.2 Å². The predicted octanol–water partition coefficient (Wildman–Crippen LogP) is 4.93. The third-order valence-electron chi connectivity index (χ3n) is 3.37. The summed E-state index contributed by atoms with van der Waals surface area (Å²) in [6.07, 6.45) is -0.771. The van der Waals surface area contributed by atoms with E-state index in [1.54, 1.807) is 18.2 Å². The molecule has 21 heavy (non-hydrogen) atoms. The second-order valence-corrected chi connectivity index (χ2v) is 5.88. The standard InChI is InChI=1S/C17H13Cl2NO/c1-10-2-3-11-6-12(4-5-16(11)20-10)17(21)13-7-14(18)9-15(19)8-13/h2-9,17,21H,1H3. The molecule has 106 valence electrons. The molecule has 1 unspecified atom stereocenters. The highest BCUT2D eigenvalue weighted by atomic mass is 35.5. The molecule has 1 atom stereocenters. The van der Waals surface area contributed by atoms with Gasteiger partial charge in [0.1, 0.15) is 6.10 Å². The van der Waals surface area contributed by atoms with E-state index in [9.17, 15) is 5.11 Å². The minimum Gasteiger partial charge on any atom is -0.384 e. The summed E-state index contributed by atoms with van der Waals surface area (Å²) >= 11 is 12.0. The molecule has 2 nitrogen and oxygen atoms in total. The number of hydrogen-bond acceptors (Lipinski definition) is 2. The Morgan fingerprint density at radius 2 is 1.62 bits per heavy atom. The molecule has 0 saturated heterocycles. The zero-order valence-electron chi connectivity index (χ0n) is 11.3. The normalized spacial score (nSPS) is 12.6. The van der Waals surface area contributed by atoms with Crippen molar-refractivity contribution in [3.63, 3.8) is 0 Å². The topological polar surface area (TPSA) is 33.1 Å². The molecule has 0 radical (unpaired) electrons. The smallest absolute Gasteiger partial charge is 0.104 e. The number of pyridine rings is 1. The lowest BCUT2D eigenvalue weighted by Crippen LogP contribution is -2.00. The Bertz CT molecular complexity index is 797. The molecule has 0 bridgehead atoms. The molecule has 0 fully saturated rings. The fraction of sp³-hybridized carbons (Fsp3) is 0.118. The predicted molar refractivity (Wildman–Crippen MR) is 87.0 cm³/mol. The molecule has 1 heterocycles. The number of benzene rings is 2. The molecule has 0 amide bonds. The molecule has 1 N–H and O–H groups in total. The molecule has 4 heteroatoms. The fourth-order valence-corrected chi connectivity index (χ4v) is 2.88. The Hall–Kier alpha value is -1.61. The van der Waals surface area contributed by atoms with Gasteiger partial charge in [0.2, 0.25) is 0 Å². The number of aliphatic hydroxyl groups excluding tert-OH is 1. The van der Waals surface area contributed by atoms with E-state index in [-0.39, 0.29) is 0 Å². The summed E-state index contributed by atoms with van der Waals surface area (Å²) in [4.78, 5) is 4.45. The van der Waals surface area contributed by atoms with Crippen molar-refractivity contribution in [3.8, 4) is 0 Å². The van der Waals surface area contributed by atoms with Crippen molar-refractivity contribution in [2.75, 3.05) is 0 Å². The van der Waals surface area contributed by atoms with Crippen LogP contribution in [0.4, 0.5) is 0 Å². The SMILES string of the molecule is Cc1ccc2cc(C(O)c3cc(Cl)cc(Cl)c3)ccc2n1. The number of halogens is 2. The van der Waals surface area contributed by atoms with Crippen molar-refractivity contribution in [2.45, 2.75) is 13.0 Å². The first-order valence-electron chi connectivity index (χ1n) is 6.54. The third kappa shape index (κ3) is 3.03. The van der Waals surface area contributed by atoms with Gasteiger partial charge < -0.3 is 5.11 Å². The lowest BCUT2D eigenvalue weighted by molar-refractivity contribution is 0.220. The highest BCUT2D eigenvalue weighted by molar-refractivity contribution is 6.34. The van der Waals surface area contributed by atoms with Crippen molar-refractivity contribution >= 4 is 34.1 Å². The second-order valence-electron chi connectivity index (χ2n) is 5.01. The molecule has 0 aliphatic carbocycles. The maximum atomic E-state index is 10.5. The highest BCUT2D eigenvalue weighted by Crippen LogP contribution is 2.29. The number of aromatic nitrogens is 1. The molecule has 1 aromatic heterocycles. The van der Waals surface area contributed by atoms with Gasteiger partial charge in [0, 0.05) is 21.1 Å². The molecule has 0 aliphatic rings.